The zero-order valence-corrected chi connectivity index (χ0v) is 20.7. The number of alkyl halides is 3. The van der Waals surface area contributed by atoms with Gasteiger partial charge in [-0.3, -0.25) is 19.7 Å². The molecule has 10 heteroatoms. The number of rotatable bonds is 13. The molecular formula is C26H34F3N5O2. The minimum Gasteiger partial charge on any atom is -0.507 e. The number of carbonyl (C=O) groups is 1. The second kappa shape index (κ2) is 12.5. The van der Waals surface area contributed by atoms with Crippen LogP contribution in [0.2, 0.25) is 0 Å². The number of carbonyl (C=O) groups excluding carboxylic acids is 1. The first kappa shape index (κ1) is 28.8. The highest BCUT2D eigenvalue weighted by Crippen LogP contribution is 2.34. The van der Waals surface area contributed by atoms with Crippen molar-refractivity contribution in [1.29, 1.82) is 0 Å². The van der Waals surface area contributed by atoms with Gasteiger partial charge in [-0.25, -0.2) is 0 Å². The number of hydrogen-bond donors (Lipinski definition) is 3. The maximum atomic E-state index is 13.1. The average molecular weight is 506 g/mol. The zero-order chi connectivity index (χ0) is 27.0. The number of hydrogen-bond acceptors (Lipinski definition) is 6. The van der Waals surface area contributed by atoms with Crippen molar-refractivity contribution in [2.45, 2.75) is 44.9 Å². The first-order chi connectivity index (χ1) is 16.8. The number of halogens is 3. The van der Waals surface area contributed by atoms with E-state index in [0.717, 1.165) is 25.0 Å². The van der Waals surface area contributed by atoms with E-state index < -0.39 is 11.7 Å². The minimum absolute atomic E-state index is 0.00142. The summed E-state index contributed by atoms with van der Waals surface area (Å²) in [4.78, 5) is 22.4. The van der Waals surface area contributed by atoms with Crippen LogP contribution in [0.4, 0.5) is 18.9 Å². The quantitative estimate of drug-likeness (QED) is 0.264. The Bertz CT molecular complexity index is 1030. The molecule has 0 saturated carbocycles. The molecule has 0 aromatic heterocycles. The van der Waals surface area contributed by atoms with Gasteiger partial charge in [0.15, 0.2) is 0 Å². The molecular weight excluding hydrogens is 471 g/mol. The standard InChI is InChI=1S/C26H34F3N5O2/c1-16(19(4)31-12-18(3)35)7-8-17(2)34-14-22(15-34)33-25(36)13-32-20(5)23-11-21(26(27,28)29)9-10-24(23)30-6/h9-12,16-17,22,32,35H,3-8,13-15H2,1-2H3,(H,33,36)/b31-12-. The van der Waals surface area contributed by atoms with E-state index in [0.29, 0.717) is 24.8 Å². The predicted molar refractivity (Wildman–Crippen MR) is 138 cm³/mol. The summed E-state index contributed by atoms with van der Waals surface area (Å²) in [5.74, 6) is -0.228. The molecule has 1 saturated heterocycles. The molecule has 1 heterocycles. The molecule has 36 heavy (non-hydrogen) atoms. The number of amides is 1. The molecule has 2 rings (SSSR count). The molecule has 0 bridgehead atoms. The lowest BCUT2D eigenvalue weighted by Gasteiger charge is -2.43. The van der Waals surface area contributed by atoms with Gasteiger partial charge in [0.2, 0.25) is 5.91 Å². The topological polar surface area (TPSA) is 89.3 Å². The van der Waals surface area contributed by atoms with E-state index in [-0.39, 0.29) is 47.1 Å². The Balaban J connectivity index is 1.76. The van der Waals surface area contributed by atoms with Crippen LogP contribution in [0.3, 0.4) is 0 Å². The molecule has 1 amide bonds. The Morgan fingerprint density at radius 2 is 1.92 bits per heavy atom. The van der Waals surface area contributed by atoms with Gasteiger partial charge in [-0.05, 0) is 50.6 Å². The second-order valence-electron chi connectivity index (χ2n) is 9.01. The van der Waals surface area contributed by atoms with Crippen LogP contribution < -0.4 is 10.6 Å². The number of benzene rings is 1. The summed E-state index contributed by atoms with van der Waals surface area (Å²) in [6.45, 7) is 19.9. The third-order valence-corrected chi connectivity index (χ3v) is 6.15. The summed E-state index contributed by atoms with van der Waals surface area (Å²) in [6, 6.07) is 3.40. The van der Waals surface area contributed by atoms with Gasteiger partial charge in [-0.2, -0.15) is 13.2 Å². The number of aliphatic imine (C=N–C) groups is 2. The van der Waals surface area contributed by atoms with Gasteiger partial charge in [0.25, 0.3) is 0 Å². The van der Waals surface area contributed by atoms with Crippen LogP contribution >= 0.6 is 0 Å². The highest BCUT2D eigenvalue weighted by molar-refractivity contribution is 5.82. The molecule has 1 aliphatic heterocycles. The van der Waals surface area contributed by atoms with Crippen LogP contribution in [0.15, 0.2) is 59.4 Å². The number of nitrogens with one attached hydrogen (secondary N) is 2. The molecule has 0 aliphatic carbocycles. The predicted octanol–water partition coefficient (Wildman–Crippen LogP) is 4.86. The first-order valence-corrected chi connectivity index (χ1v) is 11.6. The largest absolute Gasteiger partial charge is 0.507 e. The van der Waals surface area contributed by atoms with E-state index >= 15 is 0 Å². The molecule has 1 fully saturated rings. The van der Waals surface area contributed by atoms with Gasteiger partial charge in [0.1, 0.15) is 5.76 Å². The molecule has 1 aromatic carbocycles. The van der Waals surface area contributed by atoms with Crippen LogP contribution in [-0.2, 0) is 11.0 Å². The van der Waals surface area contributed by atoms with Gasteiger partial charge < -0.3 is 15.7 Å². The summed E-state index contributed by atoms with van der Waals surface area (Å²) in [6.07, 6.45) is -1.42. The van der Waals surface area contributed by atoms with Crippen molar-refractivity contribution in [3.05, 3.63) is 60.5 Å². The highest BCUT2D eigenvalue weighted by atomic mass is 19.4. The first-order valence-electron chi connectivity index (χ1n) is 11.6. The Morgan fingerprint density at radius 1 is 1.25 bits per heavy atom. The number of likely N-dealkylation sites (tertiary alicyclic amines) is 1. The number of aliphatic hydroxyl groups excluding tert-OH is 1. The van der Waals surface area contributed by atoms with Crippen LogP contribution in [0.1, 0.15) is 37.8 Å². The van der Waals surface area contributed by atoms with Crippen LogP contribution in [-0.4, -0.2) is 60.6 Å². The summed E-state index contributed by atoms with van der Waals surface area (Å²) in [7, 11) is 0. The maximum Gasteiger partial charge on any atom is 0.416 e. The van der Waals surface area contributed by atoms with E-state index in [1.165, 1.54) is 12.3 Å². The third-order valence-electron chi connectivity index (χ3n) is 6.15. The summed E-state index contributed by atoms with van der Waals surface area (Å²) < 4.78 is 39.2. The molecule has 3 N–H and O–H groups in total. The van der Waals surface area contributed by atoms with E-state index in [9.17, 15) is 18.0 Å². The Hall–Kier alpha value is -3.40. The number of allylic oxidation sites excluding steroid dienone is 2. The van der Waals surface area contributed by atoms with Crippen molar-refractivity contribution in [1.82, 2.24) is 15.5 Å². The lowest BCUT2D eigenvalue weighted by atomic mass is 9.96. The molecule has 1 aromatic rings. The fourth-order valence-corrected chi connectivity index (χ4v) is 3.74. The van der Waals surface area contributed by atoms with Gasteiger partial charge in [0.05, 0.1) is 30.1 Å². The van der Waals surface area contributed by atoms with Crippen LogP contribution in [0.25, 0.3) is 5.70 Å². The van der Waals surface area contributed by atoms with Crippen LogP contribution in [0.5, 0.6) is 0 Å². The number of aliphatic hydroxyl groups is 1. The fourth-order valence-electron chi connectivity index (χ4n) is 3.74. The van der Waals surface area contributed by atoms with Gasteiger partial charge in [-0.15, -0.1) is 0 Å². The maximum absolute atomic E-state index is 13.1. The molecule has 196 valence electrons. The molecule has 0 radical (unpaired) electrons. The Kier molecular flexibility index (Phi) is 10.0. The van der Waals surface area contributed by atoms with E-state index in [1.807, 2.05) is 6.92 Å². The second-order valence-corrected chi connectivity index (χ2v) is 9.01. The smallest absolute Gasteiger partial charge is 0.416 e. The SMILES string of the molecule is C=Nc1ccc(C(F)(F)F)cc1C(=C)NCC(=O)NC1CN(C(C)CCC(C)C(=C)/N=C\C(=C)O)C1. The third kappa shape index (κ3) is 8.37. The van der Waals surface area contributed by atoms with Crippen molar-refractivity contribution in [3.63, 3.8) is 0 Å². The van der Waals surface area contributed by atoms with Crippen LogP contribution in [0, 0.1) is 5.92 Å². The Labute approximate surface area is 210 Å². The lowest BCUT2D eigenvalue weighted by Crippen LogP contribution is -2.62. The van der Waals surface area contributed by atoms with Gasteiger partial charge in [-0.1, -0.05) is 26.7 Å². The summed E-state index contributed by atoms with van der Waals surface area (Å²) in [5.41, 5.74) is 0.393. The van der Waals surface area contributed by atoms with E-state index in [2.05, 4.69) is 58.9 Å². The minimum atomic E-state index is -4.51. The molecule has 0 spiro atoms. The summed E-state index contributed by atoms with van der Waals surface area (Å²) >= 11 is 0. The molecule has 2 unspecified atom stereocenters. The molecule has 2 atom stereocenters. The van der Waals surface area contributed by atoms with Crippen molar-refractivity contribution in [2.24, 2.45) is 15.9 Å². The van der Waals surface area contributed by atoms with Crippen molar-refractivity contribution in [3.8, 4) is 0 Å². The van der Waals surface area contributed by atoms with Crippen molar-refractivity contribution in [2.75, 3.05) is 19.6 Å². The van der Waals surface area contributed by atoms with E-state index in [4.69, 9.17) is 5.11 Å². The number of nitrogens with zero attached hydrogens (tertiary/aromatic N) is 3. The van der Waals surface area contributed by atoms with Crippen molar-refractivity contribution >= 4 is 30.2 Å². The van der Waals surface area contributed by atoms with Crippen molar-refractivity contribution < 1.29 is 23.1 Å². The lowest BCUT2D eigenvalue weighted by molar-refractivity contribution is -0.137. The zero-order valence-electron chi connectivity index (χ0n) is 20.7. The average Bonchev–Trinajstić information content (AvgIpc) is 2.79. The molecule has 1 aliphatic rings. The van der Waals surface area contributed by atoms with Gasteiger partial charge in [0, 0.05) is 36.1 Å². The normalized spacial score (nSPS) is 16.1. The monoisotopic (exact) mass is 505 g/mol. The molecule has 7 nitrogen and oxygen atoms in total. The van der Waals surface area contributed by atoms with Gasteiger partial charge >= 0.3 is 6.18 Å². The Morgan fingerprint density at radius 3 is 2.50 bits per heavy atom. The van der Waals surface area contributed by atoms with E-state index in [1.54, 1.807) is 0 Å². The highest BCUT2D eigenvalue weighted by Gasteiger charge is 2.32. The fraction of sp³-hybridized carbons (Fsp3) is 0.423. The summed E-state index contributed by atoms with van der Waals surface area (Å²) in [5, 5.41) is 14.8.